The largest absolute Gasteiger partial charge is 0.358 e. The van der Waals surface area contributed by atoms with E-state index in [4.69, 9.17) is 11.6 Å². The Bertz CT molecular complexity index is 876. The van der Waals surface area contributed by atoms with Crippen molar-refractivity contribution < 1.29 is 9.80 Å². The van der Waals surface area contributed by atoms with Gasteiger partial charge < -0.3 is 14.8 Å². The van der Waals surface area contributed by atoms with Crippen LogP contribution in [0.3, 0.4) is 0 Å². The number of likely N-dealkylation sites (N-methyl/N-ethyl adjacent to an activating group) is 1. The lowest BCUT2D eigenvalue weighted by Gasteiger charge is -2.35. The summed E-state index contributed by atoms with van der Waals surface area (Å²) in [4.78, 5) is 6.99. The van der Waals surface area contributed by atoms with E-state index in [0.29, 0.717) is 6.04 Å². The van der Waals surface area contributed by atoms with Crippen molar-refractivity contribution in [3.05, 3.63) is 70.4 Å². The maximum Gasteiger partial charge on any atom is 0.142 e. The second-order valence-electron chi connectivity index (χ2n) is 7.46. The first-order valence-corrected chi connectivity index (χ1v) is 10.1. The number of rotatable bonds is 4. The van der Waals surface area contributed by atoms with Gasteiger partial charge in [0.1, 0.15) is 32.2 Å². The highest BCUT2D eigenvalue weighted by Crippen LogP contribution is 2.30. The Balaban J connectivity index is 1.80. The molecular formula is C22H28ClN3+2. The van der Waals surface area contributed by atoms with Gasteiger partial charge in [0.05, 0.1) is 6.54 Å². The van der Waals surface area contributed by atoms with Gasteiger partial charge in [-0.05, 0) is 32.0 Å². The summed E-state index contributed by atoms with van der Waals surface area (Å²) in [5, 5.41) is 2.15. The molecule has 0 aliphatic carbocycles. The predicted molar refractivity (Wildman–Crippen MR) is 108 cm³/mol. The Morgan fingerprint density at radius 1 is 1.00 bits per heavy atom. The molecule has 1 atom stereocenters. The van der Waals surface area contributed by atoms with Crippen molar-refractivity contribution in [3.8, 4) is 0 Å². The number of hydrogen-bond donors (Lipinski definition) is 3. The fourth-order valence-corrected chi connectivity index (χ4v) is 4.62. The van der Waals surface area contributed by atoms with E-state index in [1.165, 1.54) is 60.4 Å². The summed E-state index contributed by atoms with van der Waals surface area (Å²) in [6, 6.07) is 17.5. The number of aryl methyl sites for hydroxylation is 1. The number of aromatic amines is 1. The number of para-hydroxylation sites is 1. The number of nitrogens with one attached hydrogen (secondary N) is 3. The Hall–Kier alpha value is -1.81. The number of aromatic nitrogens is 1. The van der Waals surface area contributed by atoms with Crippen molar-refractivity contribution in [2.45, 2.75) is 19.9 Å². The highest BCUT2D eigenvalue weighted by atomic mass is 35.5. The molecule has 2 heterocycles. The molecule has 2 aromatic carbocycles. The van der Waals surface area contributed by atoms with Crippen LogP contribution in [0.25, 0.3) is 10.9 Å². The van der Waals surface area contributed by atoms with Crippen LogP contribution in [-0.2, 0) is 0 Å². The fraction of sp³-hybridized carbons (Fsp3) is 0.364. The van der Waals surface area contributed by atoms with Crippen LogP contribution in [0.4, 0.5) is 0 Å². The van der Waals surface area contributed by atoms with Crippen LogP contribution in [0.2, 0.25) is 5.02 Å². The number of quaternary nitrogens is 2. The van der Waals surface area contributed by atoms with Crippen LogP contribution in [0.15, 0.2) is 48.5 Å². The van der Waals surface area contributed by atoms with Gasteiger partial charge in [-0.15, -0.1) is 0 Å². The van der Waals surface area contributed by atoms with E-state index in [1.54, 1.807) is 9.80 Å². The zero-order valence-electron chi connectivity index (χ0n) is 15.6. The van der Waals surface area contributed by atoms with Crippen molar-refractivity contribution in [2.24, 2.45) is 0 Å². The summed E-state index contributed by atoms with van der Waals surface area (Å²) in [7, 11) is 0. The molecule has 0 bridgehead atoms. The van der Waals surface area contributed by atoms with Crippen LogP contribution in [0.5, 0.6) is 0 Å². The highest BCUT2D eigenvalue weighted by molar-refractivity contribution is 6.30. The molecule has 3 nitrogen and oxygen atoms in total. The van der Waals surface area contributed by atoms with Gasteiger partial charge in [0.2, 0.25) is 0 Å². The number of H-pyrrole nitrogens is 1. The normalized spacial score (nSPS) is 21.8. The topological polar surface area (TPSA) is 24.7 Å². The van der Waals surface area contributed by atoms with Gasteiger partial charge in [0.25, 0.3) is 0 Å². The minimum absolute atomic E-state index is 0.349. The molecular weight excluding hydrogens is 342 g/mol. The molecule has 1 saturated heterocycles. The van der Waals surface area contributed by atoms with Gasteiger partial charge in [-0.25, -0.2) is 0 Å². The lowest BCUT2D eigenvalue weighted by Crippen LogP contribution is -3.28. The quantitative estimate of drug-likeness (QED) is 0.627. The average Bonchev–Trinajstić information content (AvgIpc) is 3.00. The molecule has 4 rings (SSSR count). The lowest BCUT2D eigenvalue weighted by molar-refractivity contribution is -1.02. The number of hydrogen-bond acceptors (Lipinski definition) is 0. The van der Waals surface area contributed by atoms with Crippen molar-refractivity contribution in [2.75, 3.05) is 32.7 Å². The molecule has 1 fully saturated rings. The van der Waals surface area contributed by atoms with Gasteiger partial charge in [-0.1, -0.05) is 41.9 Å². The molecule has 3 aromatic rings. The van der Waals surface area contributed by atoms with Crippen LogP contribution in [0, 0.1) is 6.92 Å². The van der Waals surface area contributed by atoms with E-state index in [1.807, 2.05) is 12.1 Å². The minimum Gasteiger partial charge on any atom is -0.358 e. The minimum atomic E-state index is 0.349. The van der Waals surface area contributed by atoms with Gasteiger partial charge in [0.15, 0.2) is 0 Å². The molecule has 1 aromatic heterocycles. The summed E-state index contributed by atoms with van der Waals surface area (Å²) in [6.07, 6.45) is 0. The smallest absolute Gasteiger partial charge is 0.142 e. The molecule has 0 saturated carbocycles. The molecule has 0 radical (unpaired) electrons. The van der Waals surface area contributed by atoms with Crippen LogP contribution >= 0.6 is 11.6 Å². The molecule has 136 valence electrons. The van der Waals surface area contributed by atoms with E-state index in [9.17, 15) is 0 Å². The molecule has 26 heavy (non-hydrogen) atoms. The summed E-state index contributed by atoms with van der Waals surface area (Å²) in [6.45, 7) is 10.6. The summed E-state index contributed by atoms with van der Waals surface area (Å²) in [5.41, 5.74) is 5.31. The number of piperazine rings is 1. The molecule has 0 unspecified atom stereocenters. The third-order valence-electron chi connectivity index (χ3n) is 5.94. The molecule has 0 amide bonds. The first-order valence-electron chi connectivity index (χ1n) is 9.68. The monoisotopic (exact) mass is 369 g/mol. The fourth-order valence-electron chi connectivity index (χ4n) is 4.50. The van der Waals surface area contributed by atoms with Gasteiger partial charge in [-0.3, -0.25) is 0 Å². The van der Waals surface area contributed by atoms with Crippen molar-refractivity contribution in [3.63, 3.8) is 0 Å². The number of fused-ring (bicyclic) bond motifs is 1. The van der Waals surface area contributed by atoms with E-state index >= 15 is 0 Å². The molecule has 3 N–H and O–H groups in total. The average molecular weight is 370 g/mol. The first kappa shape index (κ1) is 17.6. The molecule has 1 aliphatic rings. The summed E-state index contributed by atoms with van der Waals surface area (Å²) in [5.74, 6) is 0. The van der Waals surface area contributed by atoms with E-state index in [-0.39, 0.29) is 0 Å². The lowest BCUT2D eigenvalue weighted by atomic mass is 9.94. The third kappa shape index (κ3) is 3.27. The van der Waals surface area contributed by atoms with E-state index in [2.05, 4.69) is 55.2 Å². The van der Waals surface area contributed by atoms with E-state index < -0.39 is 0 Å². The zero-order chi connectivity index (χ0) is 18.1. The van der Waals surface area contributed by atoms with Gasteiger partial charge in [0, 0.05) is 32.7 Å². The van der Waals surface area contributed by atoms with Crippen molar-refractivity contribution >= 4 is 22.5 Å². The second-order valence-corrected chi connectivity index (χ2v) is 7.89. The van der Waals surface area contributed by atoms with E-state index in [0.717, 1.165) is 5.02 Å². The Labute approximate surface area is 160 Å². The van der Waals surface area contributed by atoms with Gasteiger partial charge in [-0.2, -0.15) is 0 Å². The Morgan fingerprint density at radius 2 is 1.69 bits per heavy atom. The number of halogens is 1. The van der Waals surface area contributed by atoms with Gasteiger partial charge >= 0.3 is 0 Å². The van der Waals surface area contributed by atoms with Crippen molar-refractivity contribution in [1.29, 1.82) is 0 Å². The van der Waals surface area contributed by atoms with Crippen LogP contribution in [0.1, 0.15) is 29.8 Å². The molecule has 0 spiro atoms. The SMILES string of the molecule is CC[NH+]1CC[NH+]([C@@H](c2ccc(Cl)cc2)c2c(C)[nH]c3ccccc23)CC1. The Kier molecular flexibility index (Phi) is 5.03. The molecule has 1 aliphatic heterocycles. The summed E-state index contributed by atoms with van der Waals surface area (Å²) < 4.78 is 0. The zero-order valence-corrected chi connectivity index (χ0v) is 16.4. The van der Waals surface area contributed by atoms with Crippen LogP contribution in [-0.4, -0.2) is 37.7 Å². The highest BCUT2D eigenvalue weighted by Gasteiger charge is 2.34. The Morgan fingerprint density at radius 3 is 2.38 bits per heavy atom. The van der Waals surface area contributed by atoms with Crippen LogP contribution < -0.4 is 9.80 Å². The van der Waals surface area contributed by atoms with Crippen molar-refractivity contribution in [1.82, 2.24) is 4.98 Å². The second kappa shape index (κ2) is 7.43. The maximum atomic E-state index is 6.17. The third-order valence-corrected chi connectivity index (χ3v) is 6.19. The first-order chi connectivity index (χ1) is 12.7. The predicted octanol–water partition coefficient (Wildman–Crippen LogP) is 2.02. The maximum absolute atomic E-state index is 6.17. The number of benzene rings is 2. The summed E-state index contributed by atoms with van der Waals surface area (Å²) >= 11 is 6.17. The molecule has 4 heteroatoms. The standard InChI is InChI=1S/C22H26ClN3/c1-3-25-12-14-26(15-13-25)22(17-8-10-18(23)11-9-17)21-16(2)24-20-7-5-4-6-19(20)21/h4-11,22,24H,3,12-15H2,1-2H3/p+2/t22-/m0/s1.